The van der Waals surface area contributed by atoms with E-state index in [0.717, 1.165) is 23.1 Å². The molecule has 160 valence electrons. The zero-order valence-electron chi connectivity index (χ0n) is 18.1. The summed E-state index contributed by atoms with van der Waals surface area (Å²) in [4.78, 5) is 29.8. The third kappa shape index (κ3) is 4.43. The van der Waals surface area contributed by atoms with Gasteiger partial charge in [0.15, 0.2) is 5.65 Å². The maximum absolute atomic E-state index is 12.8. The molecule has 0 fully saturated rings. The Kier molecular flexibility index (Phi) is 5.71. The molecule has 0 radical (unpaired) electrons. The number of carbonyl (C=O) groups excluding carboxylic acids is 1. The van der Waals surface area contributed by atoms with E-state index in [9.17, 15) is 9.59 Å². The number of rotatable bonds is 6. The van der Waals surface area contributed by atoms with E-state index in [-0.39, 0.29) is 19.6 Å². The largest absolute Gasteiger partial charge is 0.354 e. The van der Waals surface area contributed by atoms with Gasteiger partial charge >= 0.3 is 5.69 Å². The normalized spacial score (nSPS) is 11.1. The molecule has 0 bridgehead atoms. The van der Waals surface area contributed by atoms with Crippen molar-refractivity contribution in [1.29, 1.82) is 0 Å². The van der Waals surface area contributed by atoms with Crippen LogP contribution in [0.3, 0.4) is 0 Å². The summed E-state index contributed by atoms with van der Waals surface area (Å²) in [5.41, 5.74) is 6.48. The molecular formula is C25H28N4O2. The van der Waals surface area contributed by atoms with Crippen LogP contribution in [0, 0.1) is 13.8 Å². The van der Waals surface area contributed by atoms with E-state index < -0.39 is 0 Å². The van der Waals surface area contributed by atoms with Crippen molar-refractivity contribution in [2.75, 3.05) is 6.54 Å². The van der Waals surface area contributed by atoms with Gasteiger partial charge in [0.2, 0.25) is 5.91 Å². The molecule has 2 aromatic carbocycles. The zero-order chi connectivity index (χ0) is 22.0. The van der Waals surface area contributed by atoms with Crippen molar-refractivity contribution in [2.24, 2.45) is 7.05 Å². The Morgan fingerprint density at radius 1 is 1.03 bits per heavy atom. The van der Waals surface area contributed by atoms with Gasteiger partial charge in [0.05, 0.1) is 5.52 Å². The van der Waals surface area contributed by atoms with Crippen LogP contribution in [0.25, 0.3) is 22.3 Å². The Morgan fingerprint density at radius 3 is 2.45 bits per heavy atom. The van der Waals surface area contributed by atoms with Crippen molar-refractivity contribution < 1.29 is 6.22 Å². The number of aryl methyl sites for hydroxylation is 3. The Labute approximate surface area is 182 Å². The summed E-state index contributed by atoms with van der Waals surface area (Å²) in [7, 11) is 1.71. The van der Waals surface area contributed by atoms with Gasteiger partial charge in [-0.2, -0.15) is 0 Å². The van der Waals surface area contributed by atoms with Crippen LogP contribution in [0.4, 0.5) is 0 Å². The maximum Gasteiger partial charge on any atom is 0.330 e. The van der Waals surface area contributed by atoms with E-state index in [2.05, 4.69) is 42.3 Å². The van der Waals surface area contributed by atoms with Crippen LogP contribution < -0.4 is 11.0 Å². The van der Waals surface area contributed by atoms with E-state index in [0.29, 0.717) is 17.7 Å². The van der Waals surface area contributed by atoms with Gasteiger partial charge in [-0.1, -0.05) is 59.7 Å². The first-order valence-electron chi connectivity index (χ1n) is 10.4. The van der Waals surface area contributed by atoms with Crippen LogP contribution in [0.1, 0.15) is 18.1 Å². The molecule has 1 N–H and O–H groups in total. The van der Waals surface area contributed by atoms with Crippen molar-refractivity contribution in [2.45, 2.75) is 26.8 Å². The van der Waals surface area contributed by atoms with Crippen LogP contribution in [0.15, 0.2) is 65.6 Å². The molecular weight excluding hydrogens is 388 g/mol. The highest BCUT2D eigenvalue weighted by Crippen LogP contribution is 2.24. The fourth-order valence-corrected chi connectivity index (χ4v) is 3.91. The molecule has 6 heteroatoms. The highest BCUT2D eigenvalue weighted by molar-refractivity contribution is 5.82. The molecule has 0 saturated carbocycles. The number of benzene rings is 2. The lowest BCUT2D eigenvalue weighted by molar-refractivity contribution is -0.121. The summed E-state index contributed by atoms with van der Waals surface area (Å²) in [6, 6.07) is 18.3. The maximum atomic E-state index is 12.8. The second kappa shape index (κ2) is 8.60. The number of carbonyl (C=O) groups is 1. The monoisotopic (exact) mass is 416 g/mol. The number of hydrogen-bond acceptors (Lipinski definition) is 3. The Balaban J connectivity index is 0.00000289. The number of hydrogen-bond donors (Lipinski definition) is 1. The summed E-state index contributed by atoms with van der Waals surface area (Å²) in [6.07, 6.45) is 2.51. The minimum atomic E-state index is -0.252. The zero-order valence-corrected chi connectivity index (χ0v) is 18.1. The third-order valence-electron chi connectivity index (χ3n) is 5.42. The van der Waals surface area contributed by atoms with Gasteiger partial charge < -0.3 is 5.32 Å². The Bertz CT molecular complexity index is 1290. The van der Waals surface area contributed by atoms with Crippen LogP contribution in [0.2, 0.25) is 0 Å². The number of aromatic nitrogens is 3. The lowest BCUT2D eigenvalue weighted by atomic mass is 10.0. The van der Waals surface area contributed by atoms with Crippen molar-refractivity contribution in [3.8, 4) is 11.1 Å². The first-order valence-corrected chi connectivity index (χ1v) is 10.4. The average Bonchev–Trinajstić information content (AvgIpc) is 2.98. The van der Waals surface area contributed by atoms with Gasteiger partial charge in [-0.05, 0) is 37.5 Å². The highest BCUT2D eigenvalue weighted by atomic mass is 16.2. The van der Waals surface area contributed by atoms with E-state index >= 15 is 0 Å². The van der Waals surface area contributed by atoms with Crippen molar-refractivity contribution in [3.05, 3.63) is 88.0 Å². The quantitative estimate of drug-likeness (QED) is 0.522. The lowest BCUT2D eigenvalue weighted by Crippen LogP contribution is -2.33. The van der Waals surface area contributed by atoms with Gasteiger partial charge in [0.1, 0.15) is 6.54 Å². The summed E-state index contributed by atoms with van der Waals surface area (Å²) in [5, 5.41) is 2.89. The fourth-order valence-electron chi connectivity index (χ4n) is 3.91. The standard InChI is InChI=1S/C25H26N4O2.H2/c1-17-11-18(2)13-20(12-17)21-14-22-24(27-15-21)29(25(31)28(22)3)16-23(30)26-10-9-19-7-5-4-6-8-19;/h4-8,11-15H,9-10,16H2,1-3H3,(H,26,30);1H. The second-order valence-electron chi connectivity index (χ2n) is 7.96. The Morgan fingerprint density at radius 2 is 1.74 bits per heavy atom. The van der Waals surface area contributed by atoms with Crippen LogP contribution in [-0.2, 0) is 24.8 Å². The molecule has 1 amide bonds. The summed E-state index contributed by atoms with van der Waals surface area (Å²) >= 11 is 0. The molecule has 0 unspecified atom stereocenters. The SMILES string of the molecule is Cc1cc(C)cc(-c2cnc3c(c2)n(C)c(=O)n3CC(=O)NCCc2ccccc2)c1.[HH]. The molecule has 31 heavy (non-hydrogen) atoms. The predicted molar refractivity (Wildman–Crippen MR) is 125 cm³/mol. The van der Waals surface area contributed by atoms with Gasteiger partial charge in [-0.15, -0.1) is 0 Å². The van der Waals surface area contributed by atoms with Crippen LogP contribution in [0.5, 0.6) is 0 Å². The Hall–Kier alpha value is -3.67. The summed E-state index contributed by atoms with van der Waals surface area (Å²) in [5.74, 6) is -0.203. The van der Waals surface area contributed by atoms with Gasteiger partial charge in [0.25, 0.3) is 0 Å². The number of nitrogens with one attached hydrogen (secondary N) is 1. The predicted octanol–water partition coefficient (Wildman–Crippen LogP) is 3.62. The van der Waals surface area contributed by atoms with Gasteiger partial charge in [-0.3, -0.25) is 13.9 Å². The number of pyridine rings is 1. The molecule has 0 aliphatic heterocycles. The number of fused-ring (bicyclic) bond motifs is 1. The van der Waals surface area contributed by atoms with E-state index in [1.807, 2.05) is 36.4 Å². The van der Waals surface area contributed by atoms with Crippen molar-refractivity contribution in [1.82, 2.24) is 19.4 Å². The summed E-state index contributed by atoms with van der Waals surface area (Å²) < 4.78 is 2.98. The van der Waals surface area contributed by atoms with Gasteiger partial charge in [0, 0.05) is 26.8 Å². The van der Waals surface area contributed by atoms with Crippen LogP contribution >= 0.6 is 0 Å². The van der Waals surface area contributed by atoms with Crippen molar-refractivity contribution in [3.63, 3.8) is 0 Å². The minimum absolute atomic E-state index is 0. The molecule has 0 saturated heterocycles. The molecule has 4 rings (SSSR count). The first kappa shape index (κ1) is 20.6. The third-order valence-corrected chi connectivity index (χ3v) is 5.42. The topological polar surface area (TPSA) is 68.9 Å². The fraction of sp³-hybridized carbons (Fsp3) is 0.240. The van der Waals surface area contributed by atoms with Gasteiger partial charge in [-0.25, -0.2) is 9.78 Å². The molecule has 0 spiro atoms. The number of amides is 1. The van der Waals surface area contributed by atoms with Crippen LogP contribution in [-0.4, -0.2) is 26.6 Å². The average molecular weight is 417 g/mol. The lowest BCUT2D eigenvalue weighted by Gasteiger charge is -2.07. The molecule has 0 aliphatic carbocycles. The molecule has 0 atom stereocenters. The number of nitrogens with zero attached hydrogens (tertiary/aromatic N) is 3. The number of imidazole rings is 1. The molecule has 2 heterocycles. The summed E-state index contributed by atoms with van der Waals surface area (Å²) in [6.45, 7) is 4.59. The minimum Gasteiger partial charge on any atom is -0.354 e. The highest BCUT2D eigenvalue weighted by Gasteiger charge is 2.16. The smallest absolute Gasteiger partial charge is 0.330 e. The molecule has 4 aromatic rings. The van der Waals surface area contributed by atoms with Crippen molar-refractivity contribution >= 4 is 17.1 Å². The van der Waals surface area contributed by atoms with E-state index in [1.54, 1.807) is 17.8 Å². The molecule has 2 aromatic heterocycles. The first-order chi connectivity index (χ1) is 14.9. The van der Waals surface area contributed by atoms with E-state index in [4.69, 9.17) is 0 Å². The van der Waals surface area contributed by atoms with E-state index in [1.165, 1.54) is 15.7 Å². The molecule has 6 nitrogen and oxygen atoms in total. The second-order valence-corrected chi connectivity index (χ2v) is 7.96. The molecule has 0 aliphatic rings.